The highest BCUT2D eigenvalue weighted by atomic mass is 16.5. The number of hydroxylamine groups is 2. The average Bonchev–Trinajstić information content (AvgIpc) is 2.03. The number of carbonyl (C=O) groups excluding carboxylic acids is 1. The van der Waals surface area contributed by atoms with Crippen molar-refractivity contribution in [2.24, 2.45) is 5.92 Å². The lowest BCUT2D eigenvalue weighted by molar-refractivity contribution is -0.164. The van der Waals surface area contributed by atoms with Crippen LogP contribution >= 0.6 is 0 Å². The molecule has 0 radical (unpaired) electrons. The first-order valence-corrected chi connectivity index (χ1v) is 4.23. The van der Waals surface area contributed by atoms with Gasteiger partial charge < -0.3 is 0 Å². The number of allylic oxidation sites excluding steroid dienone is 2. The predicted octanol–water partition coefficient (Wildman–Crippen LogP) is 1.58. The maximum Gasteiger partial charge on any atom is 0.249 e. The van der Waals surface area contributed by atoms with E-state index in [1.165, 1.54) is 12.6 Å². The fourth-order valence-electron chi connectivity index (χ4n) is 1.58. The lowest BCUT2D eigenvalue weighted by Gasteiger charge is -2.22. The molecule has 1 unspecified atom stereocenters. The van der Waals surface area contributed by atoms with Gasteiger partial charge in [0.1, 0.15) is 0 Å². The summed E-state index contributed by atoms with van der Waals surface area (Å²) < 4.78 is 0. The Kier molecular flexibility index (Phi) is 2.87. The Morgan fingerprint density at radius 1 is 1.75 bits per heavy atom. The molecule has 0 aromatic carbocycles. The molecular formula is C9H15NO2. The Morgan fingerprint density at radius 2 is 2.42 bits per heavy atom. The first kappa shape index (κ1) is 9.26. The summed E-state index contributed by atoms with van der Waals surface area (Å²) in [6.07, 6.45) is 4.77. The lowest BCUT2D eigenvalue weighted by Crippen LogP contribution is -2.31. The first-order valence-electron chi connectivity index (χ1n) is 4.23. The molecule has 0 saturated carbocycles. The van der Waals surface area contributed by atoms with E-state index < -0.39 is 0 Å². The van der Waals surface area contributed by atoms with Gasteiger partial charge in [0.2, 0.25) is 5.91 Å². The van der Waals surface area contributed by atoms with E-state index >= 15 is 0 Å². The molecule has 0 fully saturated rings. The van der Waals surface area contributed by atoms with Crippen LogP contribution in [0.3, 0.4) is 0 Å². The van der Waals surface area contributed by atoms with Gasteiger partial charge in [-0.2, -0.15) is 0 Å². The van der Waals surface area contributed by atoms with Gasteiger partial charge in [-0.25, -0.2) is 5.06 Å². The van der Waals surface area contributed by atoms with E-state index in [0.717, 1.165) is 19.3 Å². The van der Waals surface area contributed by atoms with E-state index in [2.05, 4.69) is 6.08 Å². The molecule has 3 heteroatoms. The van der Waals surface area contributed by atoms with Crippen molar-refractivity contribution in [1.82, 2.24) is 5.06 Å². The zero-order chi connectivity index (χ0) is 9.14. The molecule has 0 heterocycles. The van der Waals surface area contributed by atoms with Crippen molar-refractivity contribution in [1.29, 1.82) is 0 Å². The predicted molar refractivity (Wildman–Crippen MR) is 45.7 cm³/mol. The summed E-state index contributed by atoms with van der Waals surface area (Å²) in [4.78, 5) is 11.3. The van der Waals surface area contributed by atoms with Gasteiger partial charge in [0.15, 0.2) is 0 Å². The zero-order valence-corrected chi connectivity index (χ0v) is 7.58. The highest BCUT2D eigenvalue weighted by molar-refractivity contribution is 5.77. The van der Waals surface area contributed by atoms with E-state index in [4.69, 9.17) is 5.21 Å². The standard InChI is InChI=1S/C9H15NO2/c1-7-4-3-5-8(6-7)9(11)10(2)12/h4,8,12H,3,5-6H2,1-2H3. The number of rotatable bonds is 1. The van der Waals surface area contributed by atoms with Crippen molar-refractivity contribution in [3.05, 3.63) is 11.6 Å². The Bertz CT molecular complexity index is 209. The summed E-state index contributed by atoms with van der Waals surface area (Å²) in [5.41, 5.74) is 1.25. The van der Waals surface area contributed by atoms with Crippen molar-refractivity contribution < 1.29 is 10.0 Å². The molecule has 0 aliphatic heterocycles. The van der Waals surface area contributed by atoms with Crippen molar-refractivity contribution in [3.63, 3.8) is 0 Å². The van der Waals surface area contributed by atoms with Gasteiger partial charge in [-0.1, -0.05) is 11.6 Å². The van der Waals surface area contributed by atoms with Crippen LogP contribution in [0.1, 0.15) is 26.2 Å². The second-order valence-electron chi connectivity index (χ2n) is 3.39. The Morgan fingerprint density at radius 3 is 2.92 bits per heavy atom. The number of hydrogen-bond donors (Lipinski definition) is 1. The second-order valence-corrected chi connectivity index (χ2v) is 3.39. The SMILES string of the molecule is CC1=CCCC(C(=O)N(C)O)C1. The van der Waals surface area contributed by atoms with E-state index in [0.29, 0.717) is 5.06 Å². The van der Waals surface area contributed by atoms with Crippen LogP contribution in [0, 0.1) is 5.92 Å². The minimum absolute atomic E-state index is 0.00926. The number of carbonyl (C=O) groups is 1. The van der Waals surface area contributed by atoms with Crippen LogP contribution in [-0.2, 0) is 4.79 Å². The Hall–Kier alpha value is -0.830. The molecule has 0 spiro atoms. The summed E-state index contributed by atoms with van der Waals surface area (Å²) >= 11 is 0. The fourth-order valence-corrected chi connectivity index (χ4v) is 1.58. The third-order valence-electron chi connectivity index (χ3n) is 2.24. The van der Waals surface area contributed by atoms with Crippen molar-refractivity contribution >= 4 is 5.91 Å². The highest BCUT2D eigenvalue weighted by Gasteiger charge is 2.23. The zero-order valence-electron chi connectivity index (χ0n) is 7.58. The highest BCUT2D eigenvalue weighted by Crippen LogP contribution is 2.24. The van der Waals surface area contributed by atoms with Crippen LogP contribution in [0.4, 0.5) is 0 Å². The van der Waals surface area contributed by atoms with Crippen LogP contribution in [0.15, 0.2) is 11.6 Å². The molecule has 0 aromatic heterocycles. The van der Waals surface area contributed by atoms with E-state index in [1.807, 2.05) is 6.92 Å². The van der Waals surface area contributed by atoms with Crippen molar-refractivity contribution in [2.45, 2.75) is 26.2 Å². The third kappa shape index (κ3) is 2.08. The third-order valence-corrected chi connectivity index (χ3v) is 2.24. The Labute approximate surface area is 72.6 Å². The summed E-state index contributed by atoms with van der Waals surface area (Å²) in [6.45, 7) is 2.02. The lowest BCUT2D eigenvalue weighted by atomic mass is 9.89. The summed E-state index contributed by atoms with van der Waals surface area (Å²) in [5.74, 6) is -0.174. The largest absolute Gasteiger partial charge is 0.286 e. The summed E-state index contributed by atoms with van der Waals surface area (Å²) in [5, 5.41) is 9.62. The van der Waals surface area contributed by atoms with Gasteiger partial charge in [-0.3, -0.25) is 10.0 Å². The molecule has 0 aromatic rings. The van der Waals surface area contributed by atoms with Gasteiger partial charge >= 0.3 is 0 Å². The Balaban J connectivity index is 2.55. The monoisotopic (exact) mass is 169 g/mol. The summed E-state index contributed by atoms with van der Waals surface area (Å²) in [6, 6.07) is 0. The van der Waals surface area contributed by atoms with Crippen molar-refractivity contribution in [3.8, 4) is 0 Å². The van der Waals surface area contributed by atoms with Gasteiger partial charge in [0.25, 0.3) is 0 Å². The van der Waals surface area contributed by atoms with E-state index in [1.54, 1.807) is 0 Å². The smallest absolute Gasteiger partial charge is 0.249 e. The normalized spacial score (nSPS) is 23.2. The maximum atomic E-state index is 11.3. The summed E-state index contributed by atoms with van der Waals surface area (Å²) in [7, 11) is 1.38. The second kappa shape index (κ2) is 3.72. The molecular weight excluding hydrogens is 154 g/mol. The quantitative estimate of drug-likeness (QED) is 0.368. The fraction of sp³-hybridized carbons (Fsp3) is 0.667. The molecule has 68 valence electrons. The molecule has 1 atom stereocenters. The van der Waals surface area contributed by atoms with Crippen LogP contribution in [-0.4, -0.2) is 23.2 Å². The van der Waals surface area contributed by atoms with Gasteiger partial charge in [-0.15, -0.1) is 0 Å². The molecule has 1 rings (SSSR count). The van der Waals surface area contributed by atoms with Crippen LogP contribution in [0.5, 0.6) is 0 Å². The molecule has 0 saturated heterocycles. The van der Waals surface area contributed by atoms with Crippen LogP contribution < -0.4 is 0 Å². The first-order chi connectivity index (χ1) is 5.61. The molecule has 1 aliphatic rings. The molecule has 0 bridgehead atoms. The van der Waals surface area contributed by atoms with Crippen molar-refractivity contribution in [2.75, 3.05) is 7.05 Å². The van der Waals surface area contributed by atoms with Gasteiger partial charge in [-0.05, 0) is 26.2 Å². The molecule has 12 heavy (non-hydrogen) atoms. The topological polar surface area (TPSA) is 40.5 Å². The minimum atomic E-state index is -0.164. The molecule has 1 aliphatic carbocycles. The van der Waals surface area contributed by atoms with Gasteiger partial charge in [0, 0.05) is 13.0 Å². The maximum absolute atomic E-state index is 11.3. The number of nitrogens with zero attached hydrogens (tertiary/aromatic N) is 1. The molecule has 1 amide bonds. The molecule has 1 N–H and O–H groups in total. The van der Waals surface area contributed by atoms with Crippen LogP contribution in [0.2, 0.25) is 0 Å². The van der Waals surface area contributed by atoms with E-state index in [-0.39, 0.29) is 11.8 Å². The van der Waals surface area contributed by atoms with Crippen LogP contribution in [0.25, 0.3) is 0 Å². The van der Waals surface area contributed by atoms with E-state index in [9.17, 15) is 4.79 Å². The number of hydrogen-bond acceptors (Lipinski definition) is 2. The van der Waals surface area contributed by atoms with Gasteiger partial charge in [0.05, 0.1) is 0 Å². The number of amides is 1. The molecule has 3 nitrogen and oxygen atoms in total. The minimum Gasteiger partial charge on any atom is -0.286 e. The average molecular weight is 169 g/mol.